The zero-order valence-electron chi connectivity index (χ0n) is 15.0. The fraction of sp³-hybridized carbons (Fsp3) is 0.474. The highest BCUT2D eigenvalue weighted by Gasteiger charge is 2.33. The monoisotopic (exact) mass is 361 g/mol. The number of rotatable bonds is 8. The number of methoxy groups -OCH3 is 1. The van der Waals surface area contributed by atoms with Crippen LogP contribution in [0.15, 0.2) is 30.5 Å². The molecule has 1 aromatic heterocycles. The Morgan fingerprint density at radius 3 is 2.85 bits per heavy atom. The number of carbonyl (C=O) groups excluding carboxylic acids is 1. The van der Waals surface area contributed by atoms with E-state index in [1.807, 2.05) is 16.8 Å². The third-order valence-electron chi connectivity index (χ3n) is 4.91. The Kier molecular flexibility index (Phi) is 5.68. The summed E-state index contributed by atoms with van der Waals surface area (Å²) in [6, 6.07) is 7.37. The van der Waals surface area contributed by atoms with Crippen LogP contribution in [0.25, 0.3) is 0 Å². The van der Waals surface area contributed by atoms with Crippen molar-refractivity contribution in [3.63, 3.8) is 0 Å². The summed E-state index contributed by atoms with van der Waals surface area (Å²) in [5.74, 6) is -0.892. The Hall–Kier alpha value is -2.25. The average Bonchev–Trinajstić information content (AvgIpc) is 3.37. The van der Waals surface area contributed by atoms with Crippen molar-refractivity contribution >= 4 is 5.91 Å². The van der Waals surface area contributed by atoms with Crippen molar-refractivity contribution in [1.29, 1.82) is 0 Å². The highest BCUT2D eigenvalue weighted by molar-refractivity contribution is 5.75. The molecule has 3 rings (SSSR count). The van der Waals surface area contributed by atoms with Crippen molar-refractivity contribution in [2.24, 2.45) is 0 Å². The van der Waals surface area contributed by atoms with Gasteiger partial charge in [-0.1, -0.05) is 12.1 Å². The zero-order valence-corrected chi connectivity index (χ0v) is 15.0. The Morgan fingerprint density at radius 1 is 1.46 bits per heavy atom. The SMILES string of the molecule is CO[C@H](CC(=O)NO)[C@H](Cc1ccc(F)c(C)c1)c1ccnn1C1CC1. The molecule has 2 atom stereocenters. The molecule has 7 heteroatoms. The van der Waals surface area contributed by atoms with E-state index in [1.165, 1.54) is 6.07 Å². The van der Waals surface area contributed by atoms with Crippen LogP contribution in [-0.4, -0.2) is 34.1 Å². The predicted molar refractivity (Wildman–Crippen MR) is 93.4 cm³/mol. The van der Waals surface area contributed by atoms with E-state index >= 15 is 0 Å². The molecular weight excluding hydrogens is 337 g/mol. The van der Waals surface area contributed by atoms with E-state index in [9.17, 15) is 9.18 Å². The maximum atomic E-state index is 13.6. The molecule has 1 fully saturated rings. The number of benzene rings is 1. The van der Waals surface area contributed by atoms with Crippen LogP contribution in [0, 0.1) is 12.7 Å². The minimum absolute atomic E-state index is 0.0215. The van der Waals surface area contributed by atoms with E-state index in [-0.39, 0.29) is 18.2 Å². The minimum Gasteiger partial charge on any atom is -0.380 e. The summed E-state index contributed by atoms with van der Waals surface area (Å²) in [4.78, 5) is 11.7. The molecular formula is C19H24FN3O3. The van der Waals surface area contributed by atoms with Gasteiger partial charge in [0.05, 0.1) is 18.6 Å². The van der Waals surface area contributed by atoms with Crippen LogP contribution in [0.4, 0.5) is 4.39 Å². The van der Waals surface area contributed by atoms with Gasteiger partial charge in [0.25, 0.3) is 0 Å². The fourth-order valence-corrected chi connectivity index (χ4v) is 3.37. The lowest BCUT2D eigenvalue weighted by Gasteiger charge is -2.26. The predicted octanol–water partition coefficient (Wildman–Crippen LogP) is 2.90. The summed E-state index contributed by atoms with van der Waals surface area (Å²) in [5, 5.41) is 13.3. The maximum absolute atomic E-state index is 13.6. The fourth-order valence-electron chi connectivity index (χ4n) is 3.37. The van der Waals surface area contributed by atoms with Crippen molar-refractivity contribution in [3.8, 4) is 0 Å². The molecule has 0 unspecified atom stereocenters. The number of hydroxylamine groups is 1. The van der Waals surface area contributed by atoms with Gasteiger partial charge < -0.3 is 4.74 Å². The van der Waals surface area contributed by atoms with Gasteiger partial charge in [0.15, 0.2) is 0 Å². The normalized spacial score (nSPS) is 16.3. The van der Waals surface area contributed by atoms with E-state index in [0.29, 0.717) is 18.0 Å². The first-order chi connectivity index (χ1) is 12.5. The number of aryl methyl sites for hydroxylation is 1. The second-order valence-corrected chi connectivity index (χ2v) is 6.84. The molecule has 2 aromatic rings. The second-order valence-electron chi connectivity index (χ2n) is 6.84. The van der Waals surface area contributed by atoms with Crippen molar-refractivity contribution in [1.82, 2.24) is 15.3 Å². The molecule has 0 saturated heterocycles. The molecule has 1 aliphatic carbocycles. The number of carbonyl (C=O) groups is 1. The molecule has 1 aliphatic rings. The largest absolute Gasteiger partial charge is 0.380 e. The summed E-state index contributed by atoms with van der Waals surface area (Å²) in [7, 11) is 1.55. The first-order valence-electron chi connectivity index (χ1n) is 8.77. The van der Waals surface area contributed by atoms with Gasteiger partial charge in [0.1, 0.15) is 5.82 Å². The van der Waals surface area contributed by atoms with Crippen LogP contribution < -0.4 is 5.48 Å². The van der Waals surface area contributed by atoms with Crippen molar-refractivity contribution < 1.29 is 19.1 Å². The van der Waals surface area contributed by atoms with Crippen LogP contribution in [0.2, 0.25) is 0 Å². The van der Waals surface area contributed by atoms with Crippen LogP contribution in [0.1, 0.15) is 48.0 Å². The Balaban J connectivity index is 1.92. The van der Waals surface area contributed by atoms with Gasteiger partial charge in [-0.25, -0.2) is 9.87 Å². The first kappa shape index (κ1) is 18.5. The van der Waals surface area contributed by atoms with E-state index in [2.05, 4.69) is 5.10 Å². The summed E-state index contributed by atoms with van der Waals surface area (Å²) < 4.78 is 21.2. The summed E-state index contributed by atoms with van der Waals surface area (Å²) in [6.07, 6.45) is 4.10. The number of ether oxygens (including phenoxy) is 1. The number of hydrogen-bond donors (Lipinski definition) is 2. The van der Waals surface area contributed by atoms with Gasteiger partial charge >= 0.3 is 0 Å². The highest BCUT2D eigenvalue weighted by atomic mass is 19.1. The van der Waals surface area contributed by atoms with E-state index in [1.54, 1.807) is 31.8 Å². The Bertz CT molecular complexity index is 773. The number of hydrogen-bond acceptors (Lipinski definition) is 4. The van der Waals surface area contributed by atoms with Gasteiger partial charge in [0.2, 0.25) is 5.91 Å². The lowest BCUT2D eigenvalue weighted by atomic mass is 9.88. The number of aromatic nitrogens is 2. The summed E-state index contributed by atoms with van der Waals surface area (Å²) in [6.45, 7) is 1.73. The van der Waals surface area contributed by atoms with Gasteiger partial charge in [-0.05, 0) is 49.4 Å². The molecule has 26 heavy (non-hydrogen) atoms. The molecule has 1 saturated carbocycles. The van der Waals surface area contributed by atoms with Gasteiger partial charge in [-0.2, -0.15) is 5.10 Å². The van der Waals surface area contributed by atoms with Crippen LogP contribution in [-0.2, 0) is 16.0 Å². The molecule has 0 aliphatic heterocycles. The van der Waals surface area contributed by atoms with Crippen molar-refractivity contribution in [2.75, 3.05) is 7.11 Å². The molecule has 140 valence electrons. The molecule has 1 heterocycles. The third kappa shape index (κ3) is 4.11. The molecule has 2 N–H and O–H groups in total. The summed E-state index contributed by atoms with van der Waals surface area (Å²) >= 11 is 0. The Labute approximate surface area is 151 Å². The smallest absolute Gasteiger partial charge is 0.245 e. The number of nitrogens with one attached hydrogen (secondary N) is 1. The van der Waals surface area contributed by atoms with E-state index < -0.39 is 12.0 Å². The topological polar surface area (TPSA) is 76.4 Å². The van der Waals surface area contributed by atoms with Crippen LogP contribution in [0.5, 0.6) is 0 Å². The molecule has 1 amide bonds. The number of halogens is 1. The van der Waals surface area contributed by atoms with Crippen molar-refractivity contribution in [2.45, 2.75) is 50.7 Å². The zero-order chi connectivity index (χ0) is 18.7. The maximum Gasteiger partial charge on any atom is 0.245 e. The minimum atomic E-state index is -0.505. The van der Waals surface area contributed by atoms with Crippen molar-refractivity contribution in [3.05, 3.63) is 53.1 Å². The molecule has 0 bridgehead atoms. The quantitative estimate of drug-likeness (QED) is 0.560. The second kappa shape index (κ2) is 7.97. The Morgan fingerprint density at radius 2 is 2.23 bits per heavy atom. The lowest BCUT2D eigenvalue weighted by Crippen LogP contribution is -2.32. The molecule has 1 aromatic carbocycles. The van der Waals surface area contributed by atoms with Gasteiger partial charge in [-0.3, -0.25) is 14.7 Å². The molecule has 0 radical (unpaired) electrons. The van der Waals surface area contributed by atoms with Crippen LogP contribution >= 0.6 is 0 Å². The third-order valence-corrected chi connectivity index (χ3v) is 4.91. The van der Waals surface area contributed by atoms with Gasteiger partial charge in [0, 0.05) is 24.9 Å². The number of amides is 1. The summed E-state index contributed by atoms with van der Waals surface area (Å²) in [5.41, 5.74) is 4.21. The number of nitrogens with zero attached hydrogens (tertiary/aromatic N) is 2. The first-order valence-corrected chi connectivity index (χ1v) is 8.77. The molecule has 0 spiro atoms. The lowest BCUT2D eigenvalue weighted by molar-refractivity contribution is -0.132. The molecule has 6 nitrogen and oxygen atoms in total. The standard InChI is InChI=1S/C19H24FN3O3/c1-12-9-13(3-6-16(12)20)10-15(18(26-2)11-19(24)22-25)17-7-8-21-23(17)14-4-5-14/h3,6-9,14-15,18,25H,4-5,10-11H2,1-2H3,(H,22,24)/t15-,18-/m1/s1. The highest BCUT2D eigenvalue weighted by Crippen LogP contribution is 2.38. The average molecular weight is 361 g/mol. The van der Waals surface area contributed by atoms with Crippen LogP contribution in [0.3, 0.4) is 0 Å². The van der Waals surface area contributed by atoms with E-state index in [0.717, 1.165) is 24.1 Å². The van der Waals surface area contributed by atoms with Gasteiger partial charge in [-0.15, -0.1) is 0 Å². The van der Waals surface area contributed by atoms with E-state index in [4.69, 9.17) is 9.94 Å².